The highest BCUT2D eigenvalue weighted by atomic mass is 19.1. The highest BCUT2D eigenvalue weighted by Gasteiger charge is 2.44. The zero-order chi connectivity index (χ0) is 17.4. The van der Waals surface area contributed by atoms with Crippen molar-refractivity contribution in [3.63, 3.8) is 0 Å². The molecule has 0 unspecified atom stereocenters. The third-order valence-electron chi connectivity index (χ3n) is 4.44. The molecule has 128 valence electrons. The van der Waals surface area contributed by atoms with Crippen LogP contribution in [0.5, 0.6) is 0 Å². The molecule has 6 nitrogen and oxygen atoms in total. The lowest BCUT2D eigenvalue weighted by molar-refractivity contribution is 0.0501. The maximum absolute atomic E-state index is 13.9. The van der Waals surface area contributed by atoms with Gasteiger partial charge in [-0.05, 0) is 32.0 Å². The van der Waals surface area contributed by atoms with Gasteiger partial charge in [0, 0.05) is 25.3 Å². The van der Waals surface area contributed by atoms with E-state index >= 15 is 0 Å². The molecule has 1 aromatic carbocycles. The SMILES string of the molecule is Cc1cc(CN2CC(C)(c3nnc(-c4ccccc4F)o3)C2)ncn1. The largest absolute Gasteiger partial charge is 0.420 e. The molecular formula is C18H18FN5O. The summed E-state index contributed by atoms with van der Waals surface area (Å²) in [6, 6.07) is 8.39. The van der Waals surface area contributed by atoms with Crippen molar-refractivity contribution < 1.29 is 8.81 Å². The number of halogens is 1. The van der Waals surface area contributed by atoms with Gasteiger partial charge in [-0.25, -0.2) is 14.4 Å². The van der Waals surface area contributed by atoms with Crippen molar-refractivity contribution in [1.29, 1.82) is 0 Å². The predicted octanol–water partition coefficient (Wildman–Crippen LogP) is 2.75. The highest BCUT2D eigenvalue weighted by molar-refractivity contribution is 5.53. The summed E-state index contributed by atoms with van der Waals surface area (Å²) >= 11 is 0. The third-order valence-corrected chi connectivity index (χ3v) is 4.44. The fourth-order valence-corrected chi connectivity index (χ4v) is 3.22. The molecule has 0 saturated carbocycles. The van der Waals surface area contributed by atoms with Crippen LogP contribution in [0.15, 0.2) is 41.1 Å². The van der Waals surface area contributed by atoms with Crippen LogP contribution < -0.4 is 0 Å². The molecule has 0 N–H and O–H groups in total. The highest BCUT2D eigenvalue weighted by Crippen LogP contribution is 2.35. The van der Waals surface area contributed by atoms with Crippen LogP contribution in [0.1, 0.15) is 24.2 Å². The summed E-state index contributed by atoms with van der Waals surface area (Å²) < 4.78 is 19.6. The summed E-state index contributed by atoms with van der Waals surface area (Å²) in [5.41, 5.74) is 2.06. The Labute approximate surface area is 144 Å². The normalized spacial score (nSPS) is 16.6. The van der Waals surface area contributed by atoms with Crippen molar-refractivity contribution in [3.05, 3.63) is 59.8 Å². The summed E-state index contributed by atoms with van der Waals surface area (Å²) in [7, 11) is 0. The van der Waals surface area contributed by atoms with E-state index in [2.05, 4.69) is 32.0 Å². The fraction of sp³-hybridized carbons (Fsp3) is 0.333. The van der Waals surface area contributed by atoms with E-state index in [0.29, 0.717) is 11.5 Å². The van der Waals surface area contributed by atoms with Gasteiger partial charge in [-0.15, -0.1) is 10.2 Å². The molecule has 0 atom stereocenters. The first kappa shape index (κ1) is 15.8. The second kappa shape index (κ2) is 6.00. The Bertz CT molecular complexity index is 904. The standard InChI is InChI=1S/C18H18FN5O/c1-12-7-13(21-11-20-12)8-24-9-18(2,10-24)17-23-22-16(25-17)14-5-3-4-6-15(14)19/h3-7,11H,8-10H2,1-2H3. The maximum Gasteiger partial charge on any atom is 0.250 e. The summed E-state index contributed by atoms with van der Waals surface area (Å²) in [4.78, 5) is 10.7. The molecular weight excluding hydrogens is 321 g/mol. The molecule has 3 heterocycles. The monoisotopic (exact) mass is 339 g/mol. The van der Waals surface area contributed by atoms with Gasteiger partial charge in [-0.2, -0.15) is 0 Å². The van der Waals surface area contributed by atoms with Gasteiger partial charge in [0.25, 0.3) is 5.89 Å². The van der Waals surface area contributed by atoms with Crippen LogP contribution in [-0.2, 0) is 12.0 Å². The van der Waals surface area contributed by atoms with E-state index in [4.69, 9.17) is 4.42 Å². The Morgan fingerprint density at radius 1 is 1.20 bits per heavy atom. The van der Waals surface area contributed by atoms with E-state index < -0.39 is 0 Å². The average Bonchev–Trinajstić information content (AvgIpc) is 3.04. The van der Waals surface area contributed by atoms with Gasteiger partial charge in [-0.3, -0.25) is 4.90 Å². The first-order valence-electron chi connectivity index (χ1n) is 8.12. The average molecular weight is 339 g/mol. The Hall–Kier alpha value is -2.67. The number of aromatic nitrogens is 4. The fourth-order valence-electron chi connectivity index (χ4n) is 3.22. The number of aryl methyl sites for hydroxylation is 1. The molecule has 0 radical (unpaired) electrons. The predicted molar refractivity (Wildman–Crippen MR) is 89.1 cm³/mol. The Morgan fingerprint density at radius 2 is 2.00 bits per heavy atom. The van der Waals surface area contributed by atoms with E-state index in [1.54, 1.807) is 24.5 Å². The van der Waals surface area contributed by atoms with Crippen LogP contribution in [-0.4, -0.2) is 38.2 Å². The molecule has 4 rings (SSSR count). The number of likely N-dealkylation sites (tertiary alicyclic amines) is 1. The summed E-state index contributed by atoms with van der Waals surface area (Å²) in [6.07, 6.45) is 1.59. The van der Waals surface area contributed by atoms with Crippen molar-refractivity contribution in [3.8, 4) is 11.5 Å². The topological polar surface area (TPSA) is 67.9 Å². The minimum atomic E-state index is -0.364. The van der Waals surface area contributed by atoms with Crippen LogP contribution in [0.4, 0.5) is 4.39 Å². The molecule has 0 amide bonds. The van der Waals surface area contributed by atoms with Crippen LogP contribution in [0.25, 0.3) is 11.5 Å². The van der Waals surface area contributed by atoms with Gasteiger partial charge >= 0.3 is 0 Å². The first-order valence-corrected chi connectivity index (χ1v) is 8.12. The van der Waals surface area contributed by atoms with Crippen LogP contribution >= 0.6 is 0 Å². The quantitative estimate of drug-likeness (QED) is 0.728. The molecule has 1 aliphatic heterocycles. The molecule has 1 fully saturated rings. The van der Waals surface area contributed by atoms with Gasteiger partial charge in [-0.1, -0.05) is 12.1 Å². The zero-order valence-electron chi connectivity index (χ0n) is 14.1. The van der Waals surface area contributed by atoms with Crippen LogP contribution in [0.2, 0.25) is 0 Å². The zero-order valence-corrected chi connectivity index (χ0v) is 14.1. The minimum absolute atomic E-state index is 0.221. The van der Waals surface area contributed by atoms with Crippen molar-refractivity contribution >= 4 is 0 Å². The number of rotatable bonds is 4. The molecule has 3 aromatic rings. The van der Waals surface area contributed by atoms with Gasteiger partial charge < -0.3 is 4.42 Å². The van der Waals surface area contributed by atoms with Crippen molar-refractivity contribution in [2.24, 2.45) is 0 Å². The van der Waals surface area contributed by atoms with Gasteiger partial charge in [0.1, 0.15) is 12.1 Å². The molecule has 1 aliphatic rings. The van der Waals surface area contributed by atoms with Gasteiger partial charge in [0.2, 0.25) is 5.89 Å². The lowest BCUT2D eigenvalue weighted by Crippen LogP contribution is -2.57. The van der Waals surface area contributed by atoms with E-state index in [9.17, 15) is 4.39 Å². The van der Waals surface area contributed by atoms with Crippen LogP contribution in [0, 0.1) is 12.7 Å². The minimum Gasteiger partial charge on any atom is -0.420 e. The van der Waals surface area contributed by atoms with Gasteiger partial charge in [0.05, 0.1) is 16.7 Å². The van der Waals surface area contributed by atoms with Gasteiger partial charge in [0.15, 0.2) is 0 Å². The Morgan fingerprint density at radius 3 is 2.76 bits per heavy atom. The lowest BCUT2D eigenvalue weighted by Gasteiger charge is -2.45. The second-order valence-electron chi connectivity index (χ2n) is 6.75. The van der Waals surface area contributed by atoms with Crippen molar-refractivity contribution in [2.75, 3.05) is 13.1 Å². The number of hydrogen-bond donors (Lipinski definition) is 0. The Balaban J connectivity index is 1.46. The van der Waals surface area contributed by atoms with E-state index in [0.717, 1.165) is 31.0 Å². The van der Waals surface area contributed by atoms with E-state index in [1.807, 2.05) is 13.0 Å². The molecule has 0 bridgehead atoms. The molecule has 1 saturated heterocycles. The molecule has 0 spiro atoms. The Kier molecular flexibility index (Phi) is 3.80. The van der Waals surface area contributed by atoms with Crippen molar-refractivity contribution in [2.45, 2.75) is 25.8 Å². The van der Waals surface area contributed by atoms with E-state index in [1.165, 1.54) is 6.07 Å². The summed E-state index contributed by atoms with van der Waals surface area (Å²) in [6.45, 7) is 6.36. The third kappa shape index (κ3) is 3.02. The van der Waals surface area contributed by atoms with Crippen LogP contribution in [0.3, 0.4) is 0 Å². The second-order valence-corrected chi connectivity index (χ2v) is 6.75. The number of hydrogen-bond acceptors (Lipinski definition) is 6. The molecule has 25 heavy (non-hydrogen) atoms. The summed E-state index contributed by atoms with van der Waals surface area (Å²) in [5.74, 6) is 0.400. The van der Waals surface area contributed by atoms with E-state index in [-0.39, 0.29) is 17.1 Å². The molecule has 2 aromatic heterocycles. The maximum atomic E-state index is 13.9. The molecule has 0 aliphatic carbocycles. The first-order chi connectivity index (χ1) is 12.0. The lowest BCUT2D eigenvalue weighted by atomic mass is 9.81. The summed E-state index contributed by atoms with van der Waals surface area (Å²) in [5, 5.41) is 8.17. The number of nitrogens with zero attached hydrogens (tertiary/aromatic N) is 5. The molecule has 7 heteroatoms. The number of benzene rings is 1. The van der Waals surface area contributed by atoms with Crippen molar-refractivity contribution in [1.82, 2.24) is 25.1 Å². The smallest absolute Gasteiger partial charge is 0.250 e.